The third-order valence-electron chi connectivity index (χ3n) is 5.41. The Morgan fingerprint density at radius 2 is 1.74 bits per heavy atom. The maximum absolute atomic E-state index is 13.3. The van der Waals surface area contributed by atoms with E-state index in [-0.39, 0.29) is 17.3 Å². The Morgan fingerprint density at radius 1 is 1.03 bits per heavy atom. The largest absolute Gasteiger partial charge is 0.476 e. The maximum atomic E-state index is 13.3. The lowest BCUT2D eigenvalue weighted by molar-refractivity contribution is -0.127. The first kappa shape index (κ1) is 21.6. The van der Waals surface area contributed by atoms with Crippen LogP contribution in [-0.4, -0.2) is 71.3 Å². The molecular formula is C22H27N3O5S. The number of benzene rings is 2. The summed E-state index contributed by atoms with van der Waals surface area (Å²) in [6.07, 6.45) is -0.113. The Morgan fingerprint density at radius 3 is 2.52 bits per heavy atom. The second-order valence-electron chi connectivity index (χ2n) is 7.52. The molecule has 0 bridgehead atoms. The molecule has 4 rings (SSSR count). The van der Waals surface area contributed by atoms with E-state index in [1.54, 1.807) is 54.6 Å². The van der Waals surface area contributed by atoms with E-state index in [4.69, 9.17) is 9.47 Å². The second-order valence-corrected chi connectivity index (χ2v) is 9.38. The number of hydrogen-bond donors (Lipinski definition) is 1. The molecule has 1 saturated heterocycles. The fraction of sp³-hybridized carbons (Fsp3) is 0.409. The summed E-state index contributed by atoms with van der Waals surface area (Å²) in [5, 5.41) is 2.89. The molecule has 2 aliphatic heterocycles. The normalized spacial score (nSPS) is 19.4. The average Bonchev–Trinajstić information content (AvgIpc) is 2.82. The summed E-state index contributed by atoms with van der Waals surface area (Å²) >= 11 is 0. The molecule has 0 aliphatic carbocycles. The highest BCUT2D eigenvalue weighted by molar-refractivity contribution is 7.92. The molecule has 9 heteroatoms. The van der Waals surface area contributed by atoms with Crippen LogP contribution in [0.2, 0.25) is 0 Å². The first-order chi connectivity index (χ1) is 15.1. The molecule has 8 nitrogen and oxygen atoms in total. The van der Waals surface area contributed by atoms with E-state index in [9.17, 15) is 13.2 Å². The Hall–Kier alpha value is -2.62. The lowest BCUT2D eigenvalue weighted by Crippen LogP contribution is -2.51. The topological polar surface area (TPSA) is 88.2 Å². The van der Waals surface area contributed by atoms with Gasteiger partial charge in [0.25, 0.3) is 15.9 Å². The number of anilines is 1. The van der Waals surface area contributed by atoms with Crippen LogP contribution in [0.4, 0.5) is 5.69 Å². The van der Waals surface area contributed by atoms with E-state index in [0.717, 1.165) is 39.3 Å². The summed E-state index contributed by atoms with van der Waals surface area (Å²) in [6.45, 7) is 4.60. The standard InChI is InChI=1S/C22H27N3O5S/c26-22(23-11-6-12-24-13-15-29-16-14-24)21-17-25(19-9-4-5-10-20(19)30-21)31(27,28)18-7-2-1-3-8-18/h1-5,7-10,21H,6,11-17H2,(H,23,26)/t21-/m0/s1. The van der Waals surface area contributed by atoms with Crippen molar-refractivity contribution in [1.29, 1.82) is 0 Å². The van der Waals surface area contributed by atoms with E-state index >= 15 is 0 Å². The van der Waals surface area contributed by atoms with Crippen LogP contribution >= 0.6 is 0 Å². The molecular weight excluding hydrogens is 418 g/mol. The Kier molecular flexibility index (Phi) is 6.74. The molecule has 0 unspecified atom stereocenters. The first-order valence-corrected chi connectivity index (χ1v) is 11.9. The summed E-state index contributed by atoms with van der Waals surface area (Å²) in [7, 11) is -3.83. The van der Waals surface area contributed by atoms with Crippen molar-refractivity contribution in [1.82, 2.24) is 10.2 Å². The smallest absolute Gasteiger partial charge is 0.264 e. The summed E-state index contributed by atoms with van der Waals surface area (Å²) in [5.74, 6) is 0.0615. The molecule has 31 heavy (non-hydrogen) atoms. The van der Waals surface area contributed by atoms with E-state index < -0.39 is 16.1 Å². The molecule has 1 fully saturated rings. The molecule has 1 amide bonds. The first-order valence-electron chi connectivity index (χ1n) is 10.5. The van der Waals surface area contributed by atoms with E-state index in [1.807, 2.05) is 0 Å². The molecule has 1 N–H and O–H groups in total. The molecule has 2 aromatic rings. The quantitative estimate of drug-likeness (QED) is 0.650. The van der Waals surface area contributed by atoms with Crippen molar-refractivity contribution < 1.29 is 22.7 Å². The number of nitrogens with zero attached hydrogens (tertiary/aromatic N) is 2. The summed E-state index contributed by atoms with van der Waals surface area (Å²) < 4.78 is 39.0. The van der Waals surface area contributed by atoms with Crippen LogP contribution in [0, 0.1) is 0 Å². The SMILES string of the molecule is O=C(NCCCN1CCOCC1)[C@@H]1CN(S(=O)(=O)c2ccccc2)c2ccccc2O1. The zero-order valence-electron chi connectivity index (χ0n) is 17.3. The monoisotopic (exact) mass is 445 g/mol. The Labute approximate surface area is 182 Å². The van der Waals surface area contributed by atoms with Gasteiger partial charge in [0.1, 0.15) is 5.75 Å². The van der Waals surface area contributed by atoms with Crippen LogP contribution < -0.4 is 14.4 Å². The summed E-state index contributed by atoms with van der Waals surface area (Å²) in [5.41, 5.74) is 0.433. The van der Waals surface area contributed by atoms with Crippen LogP contribution in [0.5, 0.6) is 5.75 Å². The minimum absolute atomic E-state index is 0.0798. The van der Waals surface area contributed by atoms with Crippen molar-refractivity contribution in [2.24, 2.45) is 0 Å². The number of carbonyl (C=O) groups is 1. The van der Waals surface area contributed by atoms with Crippen molar-refractivity contribution >= 4 is 21.6 Å². The highest BCUT2D eigenvalue weighted by Crippen LogP contribution is 2.36. The Bertz CT molecular complexity index is 993. The minimum Gasteiger partial charge on any atom is -0.476 e. The third-order valence-corrected chi connectivity index (χ3v) is 7.21. The predicted octanol–water partition coefficient (Wildman–Crippen LogP) is 1.48. The molecule has 2 heterocycles. The zero-order valence-corrected chi connectivity index (χ0v) is 18.1. The highest BCUT2D eigenvalue weighted by atomic mass is 32.2. The van der Waals surface area contributed by atoms with Crippen molar-refractivity contribution in [2.45, 2.75) is 17.4 Å². The van der Waals surface area contributed by atoms with Crippen molar-refractivity contribution in [3.63, 3.8) is 0 Å². The fourth-order valence-corrected chi connectivity index (χ4v) is 5.24. The third kappa shape index (κ3) is 5.00. The van der Waals surface area contributed by atoms with Gasteiger partial charge in [-0.2, -0.15) is 0 Å². The molecule has 166 valence electrons. The van der Waals surface area contributed by atoms with Gasteiger partial charge >= 0.3 is 0 Å². The van der Waals surface area contributed by atoms with Gasteiger partial charge in [-0.25, -0.2) is 8.42 Å². The van der Waals surface area contributed by atoms with Crippen molar-refractivity contribution in [3.05, 3.63) is 54.6 Å². The van der Waals surface area contributed by atoms with Crippen LogP contribution in [-0.2, 0) is 19.6 Å². The molecule has 0 radical (unpaired) electrons. The lowest BCUT2D eigenvalue weighted by atomic mass is 10.2. The molecule has 2 aliphatic rings. The van der Waals surface area contributed by atoms with Crippen LogP contribution in [0.15, 0.2) is 59.5 Å². The number of amides is 1. The average molecular weight is 446 g/mol. The number of nitrogens with one attached hydrogen (secondary N) is 1. The van der Waals surface area contributed by atoms with Gasteiger partial charge in [-0.15, -0.1) is 0 Å². The van der Waals surface area contributed by atoms with Gasteiger partial charge in [0.2, 0.25) is 0 Å². The number of para-hydroxylation sites is 2. The predicted molar refractivity (Wildman–Crippen MR) is 117 cm³/mol. The van der Waals surface area contributed by atoms with Gasteiger partial charge in [0.05, 0.1) is 30.3 Å². The van der Waals surface area contributed by atoms with Crippen LogP contribution in [0.3, 0.4) is 0 Å². The lowest BCUT2D eigenvalue weighted by Gasteiger charge is -2.34. The van der Waals surface area contributed by atoms with Crippen LogP contribution in [0.1, 0.15) is 6.42 Å². The molecule has 0 aromatic heterocycles. The Balaban J connectivity index is 1.43. The fourth-order valence-electron chi connectivity index (χ4n) is 3.74. The second kappa shape index (κ2) is 9.67. The van der Waals surface area contributed by atoms with E-state index in [1.165, 1.54) is 4.31 Å². The summed E-state index contributed by atoms with van der Waals surface area (Å²) in [6, 6.07) is 15.1. The molecule has 1 atom stereocenters. The number of fused-ring (bicyclic) bond motifs is 1. The number of hydrogen-bond acceptors (Lipinski definition) is 6. The minimum atomic E-state index is -3.83. The van der Waals surface area contributed by atoms with Gasteiger partial charge in [0, 0.05) is 19.6 Å². The van der Waals surface area contributed by atoms with Crippen molar-refractivity contribution in [3.8, 4) is 5.75 Å². The highest BCUT2D eigenvalue weighted by Gasteiger charge is 2.37. The number of morpholine rings is 1. The molecule has 0 saturated carbocycles. The van der Waals surface area contributed by atoms with E-state index in [0.29, 0.717) is 18.0 Å². The maximum Gasteiger partial charge on any atom is 0.264 e. The van der Waals surface area contributed by atoms with Gasteiger partial charge in [-0.1, -0.05) is 30.3 Å². The van der Waals surface area contributed by atoms with Gasteiger partial charge in [0.15, 0.2) is 6.10 Å². The zero-order chi connectivity index (χ0) is 21.7. The number of sulfonamides is 1. The van der Waals surface area contributed by atoms with Crippen molar-refractivity contribution in [2.75, 3.05) is 50.2 Å². The summed E-state index contributed by atoms with van der Waals surface area (Å²) in [4.78, 5) is 15.3. The number of carbonyl (C=O) groups excluding carboxylic acids is 1. The van der Waals surface area contributed by atoms with Gasteiger partial charge in [-0.05, 0) is 37.2 Å². The van der Waals surface area contributed by atoms with E-state index in [2.05, 4.69) is 10.2 Å². The van der Waals surface area contributed by atoms with Gasteiger partial charge in [-0.3, -0.25) is 14.0 Å². The number of rotatable bonds is 7. The molecule has 2 aromatic carbocycles. The van der Waals surface area contributed by atoms with Gasteiger partial charge < -0.3 is 14.8 Å². The number of ether oxygens (including phenoxy) is 2. The van der Waals surface area contributed by atoms with Crippen LogP contribution in [0.25, 0.3) is 0 Å². The molecule has 0 spiro atoms.